The molecular formula is C13H10N6. The summed E-state index contributed by atoms with van der Waals surface area (Å²) in [5.74, 6) is 0.607. The number of aromatic nitrogens is 6. The van der Waals surface area contributed by atoms with Crippen LogP contribution in [0.2, 0.25) is 0 Å². The van der Waals surface area contributed by atoms with E-state index in [4.69, 9.17) is 0 Å². The number of aryl methyl sites for hydroxylation is 1. The topological polar surface area (TPSA) is 71.8 Å². The summed E-state index contributed by atoms with van der Waals surface area (Å²) < 4.78 is 1.69. The summed E-state index contributed by atoms with van der Waals surface area (Å²) >= 11 is 0. The molecule has 92 valence electrons. The maximum absolute atomic E-state index is 4.57. The highest BCUT2D eigenvalue weighted by Crippen LogP contribution is 2.21. The highest BCUT2D eigenvalue weighted by molar-refractivity contribution is 5.92. The lowest BCUT2D eigenvalue weighted by molar-refractivity contribution is 0.933. The van der Waals surface area contributed by atoms with Gasteiger partial charge in [-0.1, -0.05) is 6.07 Å². The number of rotatable bonds is 1. The van der Waals surface area contributed by atoms with E-state index >= 15 is 0 Å². The zero-order valence-corrected chi connectivity index (χ0v) is 10.2. The maximum Gasteiger partial charge on any atom is 0.200 e. The fraction of sp³-hybridized carbons (Fsp3) is 0.0769. The van der Waals surface area contributed by atoms with Crippen molar-refractivity contribution in [2.45, 2.75) is 6.92 Å². The van der Waals surface area contributed by atoms with Crippen molar-refractivity contribution in [1.29, 1.82) is 0 Å². The zero-order chi connectivity index (χ0) is 12.8. The van der Waals surface area contributed by atoms with Gasteiger partial charge in [0.05, 0.1) is 5.39 Å². The molecule has 0 unspecified atom stereocenters. The van der Waals surface area contributed by atoms with E-state index in [-0.39, 0.29) is 0 Å². The molecule has 4 aromatic heterocycles. The molecule has 0 bridgehead atoms. The number of nitrogens with zero attached hydrogens (tertiary/aromatic N) is 5. The molecule has 0 radical (unpaired) electrons. The molecule has 0 fully saturated rings. The first-order chi connectivity index (χ1) is 9.33. The molecule has 6 nitrogen and oxygen atoms in total. The van der Waals surface area contributed by atoms with Gasteiger partial charge in [-0.2, -0.15) is 0 Å². The summed E-state index contributed by atoms with van der Waals surface area (Å²) in [4.78, 5) is 16.3. The molecule has 0 aromatic carbocycles. The summed E-state index contributed by atoms with van der Waals surface area (Å²) in [5.41, 5.74) is 3.48. The van der Waals surface area contributed by atoms with Gasteiger partial charge in [0.1, 0.15) is 17.7 Å². The first-order valence-corrected chi connectivity index (χ1v) is 5.93. The number of nitrogens with one attached hydrogen (secondary N) is 1. The first kappa shape index (κ1) is 10.2. The van der Waals surface area contributed by atoms with Crippen LogP contribution in [0.5, 0.6) is 0 Å². The van der Waals surface area contributed by atoms with E-state index in [2.05, 4.69) is 25.0 Å². The van der Waals surface area contributed by atoms with Crippen molar-refractivity contribution < 1.29 is 0 Å². The molecular weight excluding hydrogens is 240 g/mol. The van der Waals surface area contributed by atoms with Crippen molar-refractivity contribution in [1.82, 2.24) is 29.5 Å². The van der Waals surface area contributed by atoms with Crippen LogP contribution in [0.3, 0.4) is 0 Å². The van der Waals surface area contributed by atoms with Crippen molar-refractivity contribution in [3.05, 3.63) is 42.5 Å². The Morgan fingerprint density at radius 1 is 1.21 bits per heavy atom. The quantitative estimate of drug-likeness (QED) is 0.560. The van der Waals surface area contributed by atoms with Crippen LogP contribution < -0.4 is 0 Å². The molecule has 0 aliphatic rings. The van der Waals surface area contributed by atoms with Gasteiger partial charge < -0.3 is 4.98 Å². The molecule has 4 rings (SSSR count). The van der Waals surface area contributed by atoms with Gasteiger partial charge in [-0.25, -0.2) is 14.5 Å². The molecule has 4 aromatic rings. The average molecular weight is 250 g/mol. The number of aromatic amines is 1. The standard InChI is InChI=1S/C13H10N6/c1-8-6-15-12-10(8)13-17-11(18-19(13)7-16-12)9-4-2-3-5-14-9/h2-7,15H,1H3. The zero-order valence-electron chi connectivity index (χ0n) is 10.2. The van der Waals surface area contributed by atoms with E-state index in [0.29, 0.717) is 5.82 Å². The minimum Gasteiger partial charge on any atom is -0.346 e. The van der Waals surface area contributed by atoms with E-state index in [1.54, 1.807) is 17.0 Å². The van der Waals surface area contributed by atoms with Gasteiger partial charge in [0, 0.05) is 12.4 Å². The van der Waals surface area contributed by atoms with Crippen LogP contribution in [0.25, 0.3) is 28.2 Å². The van der Waals surface area contributed by atoms with Crippen molar-refractivity contribution in [2.75, 3.05) is 0 Å². The highest BCUT2D eigenvalue weighted by atomic mass is 15.3. The molecule has 0 aliphatic heterocycles. The average Bonchev–Trinajstić information content (AvgIpc) is 3.03. The Kier molecular flexibility index (Phi) is 1.94. The Morgan fingerprint density at radius 3 is 3.00 bits per heavy atom. The van der Waals surface area contributed by atoms with Crippen LogP contribution in [0.4, 0.5) is 0 Å². The monoisotopic (exact) mass is 250 g/mol. The van der Waals surface area contributed by atoms with Gasteiger partial charge in [-0.3, -0.25) is 4.98 Å². The lowest BCUT2D eigenvalue weighted by atomic mass is 10.3. The number of H-pyrrole nitrogens is 1. The molecule has 0 amide bonds. The fourth-order valence-corrected chi connectivity index (χ4v) is 2.18. The predicted octanol–water partition coefficient (Wildman–Crippen LogP) is 1.98. The van der Waals surface area contributed by atoms with Gasteiger partial charge in [-0.05, 0) is 24.6 Å². The third-order valence-electron chi connectivity index (χ3n) is 3.10. The second kappa shape index (κ2) is 3.61. The van der Waals surface area contributed by atoms with E-state index in [1.165, 1.54) is 0 Å². The minimum atomic E-state index is 0.607. The van der Waals surface area contributed by atoms with E-state index < -0.39 is 0 Å². The lowest BCUT2D eigenvalue weighted by Gasteiger charge is -1.92. The summed E-state index contributed by atoms with van der Waals surface area (Å²) in [6.45, 7) is 2.02. The molecule has 19 heavy (non-hydrogen) atoms. The van der Waals surface area contributed by atoms with E-state index in [9.17, 15) is 0 Å². The Bertz CT molecular complexity index is 874. The molecule has 0 aliphatic carbocycles. The normalized spacial score (nSPS) is 11.4. The smallest absolute Gasteiger partial charge is 0.200 e. The first-order valence-electron chi connectivity index (χ1n) is 5.93. The summed E-state index contributed by atoms with van der Waals surface area (Å²) in [6, 6.07) is 5.68. The number of hydrogen-bond donors (Lipinski definition) is 1. The van der Waals surface area contributed by atoms with Crippen molar-refractivity contribution in [3.63, 3.8) is 0 Å². The Hall–Kier alpha value is -2.76. The Labute approximate surface area is 108 Å². The van der Waals surface area contributed by atoms with Crippen LogP contribution >= 0.6 is 0 Å². The largest absolute Gasteiger partial charge is 0.346 e. The van der Waals surface area contributed by atoms with Crippen molar-refractivity contribution >= 4 is 16.7 Å². The minimum absolute atomic E-state index is 0.607. The van der Waals surface area contributed by atoms with Crippen LogP contribution in [0, 0.1) is 6.92 Å². The molecule has 0 saturated carbocycles. The molecule has 4 heterocycles. The van der Waals surface area contributed by atoms with Crippen LogP contribution in [0.1, 0.15) is 5.56 Å². The SMILES string of the molecule is Cc1c[nH]c2ncn3nc(-c4ccccn4)nc3c12. The number of hydrogen-bond acceptors (Lipinski definition) is 4. The van der Waals surface area contributed by atoms with Gasteiger partial charge in [0.2, 0.25) is 5.82 Å². The van der Waals surface area contributed by atoms with E-state index in [1.807, 2.05) is 31.3 Å². The van der Waals surface area contributed by atoms with Crippen LogP contribution in [-0.4, -0.2) is 29.5 Å². The number of pyridine rings is 1. The van der Waals surface area contributed by atoms with Crippen molar-refractivity contribution in [3.8, 4) is 11.5 Å². The Morgan fingerprint density at radius 2 is 2.16 bits per heavy atom. The second-order valence-electron chi connectivity index (χ2n) is 4.36. The van der Waals surface area contributed by atoms with Crippen molar-refractivity contribution in [2.24, 2.45) is 0 Å². The molecule has 0 spiro atoms. The van der Waals surface area contributed by atoms with Crippen LogP contribution in [0.15, 0.2) is 36.9 Å². The summed E-state index contributed by atoms with van der Waals surface area (Å²) in [7, 11) is 0. The third kappa shape index (κ3) is 1.43. The number of fused-ring (bicyclic) bond motifs is 3. The Balaban J connectivity index is 2.06. The van der Waals surface area contributed by atoms with Crippen LogP contribution in [-0.2, 0) is 0 Å². The van der Waals surface area contributed by atoms with Gasteiger partial charge in [0.25, 0.3) is 0 Å². The highest BCUT2D eigenvalue weighted by Gasteiger charge is 2.12. The predicted molar refractivity (Wildman–Crippen MR) is 70.6 cm³/mol. The summed E-state index contributed by atoms with van der Waals surface area (Å²) in [6.07, 6.45) is 5.32. The second-order valence-corrected chi connectivity index (χ2v) is 4.36. The molecule has 0 saturated heterocycles. The molecule has 1 N–H and O–H groups in total. The van der Waals surface area contributed by atoms with Gasteiger partial charge in [-0.15, -0.1) is 5.10 Å². The molecule has 6 heteroatoms. The lowest BCUT2D eigenvalue weighted by Crippen LogP contribution is -1.90. The van der Waals surface area contributed by atoms with E-state index in [0.717, 1.165) is 27.9 Å². The summed E-state index contributed by atoms with van der Waals surface area (Å²) in [5, 5.41) is 5.42. The maximum atomic E-state index is 4.57. The fourth-order valence-electron chi connectivity index (χ4n) is 2.18. The molecule has 0 atom stereocenters. The third-order valence-corrected chi connectivity index (χ3v) is 3.10. The van der Waals surface area contributed by atoms with Gasteiger partial charge in [0.15, 0.2) is 5.65 Å². The van der Waals surface area contributed by atoms with Gasteiger partial charge >= 0.3 is 0 Å².